The molecular formula is C12H10ClN3O2S2. The fraction of sp³-hybridized carbons (Fsp3) is 0.0833. The molecule has 0 unspecified atom stereocenters. The van der Waals surface area contributed by atoms with Gasteiger partial charge in [0.25, 0.3) is 0 Å². The molecule has 3 rings (SSSR count). The second-order valence-corrected chi connectivity index (χ2v) is 7.13. The molecule has 1 N–H and O–H groups in total. The van der Waals surface area contributed by atoms with Gasteiger partial charge in [0.05, 0.1) is 11.4 Å². The van der Waals surface area contributed by atoms with E-state index in [1.165, 1.54) is 23.5 Å². The van der Waals surface area contributed by atoms with Crippen molar-refractivity contribution in [3.63, 3.8) is 0 Å². The molecule has 0 bridgehead atoms. The third-order valence-electron chi connectivity index (χ3n) is 2.77. The van der Waals surface area contributed by atoms with Crippen molar-refractivity contribution in [3.05, 3.63) is 52.8 Å². The summed E-state index contributed by atoms with van der Waals surface area (Å²) in [4.78, 5) is 5.13. The lowest BCUT2D eigenvalue weighted by molar-refractivity contribution is 0.580. The number of rotatable bonds is 4. The molecule has 2 aromatic heterocycles. The van der Waals surface area contributed by atoms with Crippen molar-refractivity contribution < 1.29 is 8.42 Å². The van der Waals surface area contributed by atoms with E-state index in [9.17, 15) is 8.42 Å². The zero-order valence-electron chi connectivity index (χ0n) is 10.2. The third-order valence-corrected chi connectivity index (χ3v) is 5.30. The third kappa shape index (κ3) is 2.57. The van der Waals surface area contributed by atoms with E-state index >= 15 is 0 Å². The van der Waals surface area contributed by atoms with Crippen LogP contribution in [0.25, 0.3) is 4.96 Å². The van der Waals surface area contributed by atoms with Crippen LogP contribution < -0.4 is 4.72 Å². The van der Waals surface area contributed by atoms with Crippen molar-refractivity contribution in [1.29, 1.82) is 0 Å². The van der Waals surface area contributed by atoms with Gasteiger partial charge in [0, 0.05) is 28.5 Å². The van der Waals surface area contributed by atoms with Gasteiger partial charge in [-0.3, -0.25) is 4.40 Å². The molecule has 20 heavy (non-hydrogen) atoms. The van der Waals surface area contributed by atoms with E-state index in [1.807, 2.05) is 9.78 Å². The molecule has 3 aromatic rings. The molecule has 0 fully saturated rings. The van der Waals surface area contributed by atoms with Crippen LogP contribution in [-0.4, -0.2) is 17.8 Å². The van der Waals surface area contributed by atoms with E-state index in [1.54, 1.807) is 24.5 Å². The van der Waals surface area contributed by atoms with Crippen LogP contribution in [0, 0.1) is 0 Å². The molecule has 1 aromatic carbocycles. The highest BCUT2D eigenvalue weighted by Gasteiger charge is 2.15. The van der Waals surface area contributed by atoms with Gasteiger partial charge in [-0.25, -0.2) is 18.1 Å². The lowest BCUT2D eigenvalue weighted by atomic mass is 10.4. The van der Waals surface area contributed by atoms with E-state index in [2.05, 4.69) is 9.71 Å². The molecule has 0 saturated heterocycles. The largest absolute Gasteiger partial charge is 0.293 e. The number of nitrogens with one attached hydrogen (secondary N) is 1. The zero-order chi connectivity index (χ0) is 14.2. The average Bonchev–Trinajstić information content (AvgIpc) is 2.99. The SMILES string of the molecule is O=S(=O)(NCc1csc2nccn12)c1cccc(Cl)c1. The Morgan fingerprint density at radius 2 is 2.25 bits per heavy atom. The second kappa shape index (κ2) is 5.17. The lowest BCUT2D eigenvalue weighted by Crippen LogP contribution is -2.23. The Morgan fingerprint density at radius 1 is 1.40 bits per heavy atom. The van der Waals surface area contributed by atoms with Crippen LogP contribution in [0.2, 0.25) is 5.02 Å². The van der Waals surface area contributed by atoms with E-state index in [-0.39, 0.29) is 11.4 Å². The number of fused-ring (bicyclic) bond motifs is 1. The van der Waals surface area contributed by atoms with Gasteiger partial charge in [-0.2, -0.15) is 0 Å². The number of halogens is 1. The molecule has 0 atom stereocenters. The van der Waals surface area contributed by atoms with Gasteiger partial charge in [0.1, 0.15) is 0 Å². The topological polar surface area (TPSA) is 63.5 Å². The van der Waals surface area contributed by atoms with Crippen LogP contribution in [-0.2, 0) is 16.6 Å². The maximum absolute atomic E-state index is 12.2. The molecule has 0 aliphatic rings. The molecule has 104 valence electrons. The van der Waals surface area contributed by atoms with Crippen molar-refractivity contribution in [3.8, 4) is 0 Å². The van der Waals surface area contributed by atoms with Crippen LogP contribution >= 0.6 is 22.9 Å². The number of hydrogen-bond donors (Lipinski definition) is 1. The van der Waals surface area contributed by atoms with Crippen LogP contribution in [0.5, 0.6) is 0 Å². The Hall–Kier alpha value is -1.41. The molecule has 0 aliphatic carbocycles. The first kappa shape index (κ1) is 13.6. The van der Waals surface area contributed by atoms with Crippen LogP contribution in [0.15, 0.2) is 46.9 Å². The van der Waals surface area contributed by atoms with Gasteiger partial charge >= 0.3 is 0 Å². The zero-order valence-corrected chi connectivity index (χ0v) is 12.5. The summed E-state index contributed by atoms with van der Waals surface area (Å²) in [5.41, 5.74) is 0.841. The van der Waals surface area contributed by atoms with E-state index in [0.29, 0.717) is 5.02 Å². The van der Waals surface area contributed by atoms with Crippen molar-refractivity contribution in [2.75, 3.05) is 0 Å². The van der Waals surface area contributed by atoms with E-state index in [0.717, 1.165) is 10.7 Å². The quantitative estimate of drug-likeness (QED) is 0.801. The second-order valence-electron chi connectivity index (χ2n) is 4.09. The van der Waals surface area contributed by atoms with Crippen molar-refractivity contribution in [2.24, 2.45) is 0 Å². The van der Waals surface area contributed by atoms with Crippen molar-refractivity contribution in [2.45, 2.75) is 11.4 Å². The number of imidazole rings is 1. The minimum absolute atomic E-state index is 0.155. The highest BCUT2D eigenvalue weighted by Crippen LogP contribution is 2.17. The Kier molecular flexibility index (Phi) is 3.51. The summed E-state index contributed by atoms with van der Waals surface area (Å²) in [5.74, 6) is 0. The highest BCUT2D eigenvalue weighted by atomic mass is 35.5. The van der Waals surface area contributed by atoms with Crippen LogP contribution in [0.3, 0.4) is 0 Å². The van der Waals surface area contributed by atoms with Crippen molar-refractivity contribution >= 4 is 37.9 Å². The molecule has 0 aliphatic heterocycles. The Balaban J connectivity index is 1.82. The Bertz CT molecular complexity index is 854. The number of hydrogen-bond acceptors (Lipinski definition) is 4. The Labute approximate surface area is 124 Å². The highest BCUT2D eigenvalue weighted by molar-refractivity contribution is 7.89. The summed E-state index contributed by atoms with van der Waals surface area (Å²) >= 11 is 7.28. The normalized spacial score (nSPS) is 12.1. The molecule has 8 heteroatoms. The maximum atomic E-state index is 12.2. The number of nitrogens with zero attached hydrogens (tertiary/aromatic N) is 2. The number of benzene rings is 1. The average molecular weight is 328 g/mol. The van der Waals surface area contributed by atoms with Gasteiger partial charge in [-0.1, -0.05) is 17.7 Å². The summed E-state index contributed by atoms with van der Waals surface area (Å²) < 4.78 is 28.7. The van der Waals surface area contributed by atoms with Gasteiger partial charge < -0.3 is 0 Å². The summed E-state index contributed by atoms with van der Waals surface area (Å²) in [6.45, 7) is 0.200. The molecule has 0 amide bonds. The minimum atomic E-state index is -3.57. The van der Waals surface area contributed by atoms with Gasteiger partial charge in [0.2, 0.25) is 10.0 Å². The Morgan fingerprint density at radius 3 is 3.05 bits per heavy atom. The molecule has 5 nitrogen and oxygen atoms in total. The number of sulfonamides is 1. The molecule has 0 radical (unpaired) electrons. The van der Waals surface area contributed by atoms with Gasteiger partial charge in [0.15, 0.2) is 4.96 Å². The number of thiazole rings is 1. The lowest BCUT2D eigenvalue weighted by Gasteiger charge is -2.06. The van der Waals surface area contributed by atoms with Crippen molar-refractivity contribution in [1.82, 2.24) is 14.1 Å². The standard InChI is InChI=1S/C12H10ClN3O2S2/c13-9-2-1-3-11(6-9)20(17,18)15-7-10-8-19-12-14-4-5-16(10)12/h1-6,8,15H,7H2. The van der Waals surface area contributed by atoms with Crippen LogP contribution in [0.4, 0.5) is 0 Å². The summed E-state index contributed by atoms with van der Waals surface area (Å²) in [6, 6.07) is 6.17. The van der Waals surface area contributed by atoms with E-state index < -0.39 is 10.0 Å². The summed E-state index contributed by atoms with van der Waals surface area (Å²) in [6.07, 6.45) is 3.48. The molecular weight excluding hydrogens is 318 g/mol. The predicted molar refractivity (Wildman–Crippen MR) is 78.5 cm³/mol. The van der Waals surface area contributed by atoms with E-state index in [4.69, 9.17) is 11.6 Å². The van der Waals surface area contributed by atoms with Gasteiger partial charge in [-0.15, -0.1) is 11.3 Å². The van der Waals surface area contributed by atoms with Gasteiger partial charge in [-0.05, 0) is 18.2 Å². The summed E-state index contributed by atoms with van der Waals surface area (Å²) in [5, 5.41) is 2.27. The first-order valence-corrected chi connectivity index (χ1v) is 8.45. The minimum Gasteiger partial charge on any atom is -0.293 e. The molecule has 0 saturated carbocycles. The molecule has 0 spiro atoms. The predicted octanol–water partition coefficient (Wildman–Crippen LogP) is 2.53. The molecule has 2 heterocycles. The maximum Gasteiger partial charge on any atom is 0.240 e. The smallest absolute Gasteiger partial charge is 0.240 e. The fourth-order valence-corrected chi connectivity index (χ4v) is 3.94. The first-order valence-electron chi connectivity index (χ1n) is 5.71. The monoisotopic (exact) mass is 327 g/mol. The fourth-order valence-electron chi connectivity index (χ4n) is 1.79. The number of aromatic nitrogens is 2. The first-order chi connectivity index (χ1) is 9.56. The van der Waals surface area contributed by atoms with Crippen LogP contribution in [0.1, 0.15) is 5.69 Å². The summed E-state index contributed by atoms with van der Waals surface area (Å²) in [7, 11) is -3.57.